The second-order valence-electron chi connectivity index (χ2n) is 7.07. The molecule has 0 aliphatic heterocycles. The molecule has 0 unspecified atom stereocenters. The number of rotatable bonds is 12. The van der Waals surface area contributed by atoms with E-state index in [0.717, 1.165) is 62.6 Å². The molecule has 0 aromatic heterocycles. The predicted octanol–water partition coefficient (Wildman–Crippen LogP) is 3.18. The average molecular weight is 504 g/mol. The van der Waals surface area contributed by atoms with Crippen LogP contribution in [0.25, 0.3) is 0 Å². The maximum absolute atomic E-state index is 5.90. The van der Waals surface area contributed by atoms with E-state index in [1.165, 1.54) is 18.4 Å². The monoisotopic (exact) mass is 504 g/mol. The van der Waals surface area contributed by atoms with Crippen LogP contribution in [0.4, 0.5) is 0 Å². The normalized spacial score (nSPS) is 14.0. The maximum atomic E-state index is 5.90. The molecule has 1 aromatic carbocycles. The Hall–Kier alpha value is -1.06. The molecule has 7 heteroatoms. The molecule has 160 valence electrons. The van der Waals surface area contributed by atoms with Crippen molar-refractivity contribution >= 4 is 29.9 Å². The maximum Gasteiger partial charge on any atom is 0.191 e. The van der Waals surface area contributed by atoms with Gasteiger partial charge in [-0.3, -0.25) is 9.89 Å². The number of nitrogens with one attached hydrogen (secondary N) is 2. The van der Waals surface area contributed by atoms with Crippen molar-refractivity contribution in [2.45, 2.75) is 45.7 Å². The third-order valence-electron chi connectivity index (χ3n) is 4.69. The van der Waals surface area contributed by atoms with E-state index in [1.54, 1.807) is 7.11 Å². The quantitative estimate of drug-likeness (QED) is 0.260. The fourth-order valence-corrected chi connectivity index (χ4v) is 3.00. The zero-order valence-electron chi connectivity index (χ0n) is 17.8. The molecule has 1 aromatic rings. The lowest BCUT2D eigenvalue weighted by atomic mass is 10.1. The summed E-state index contributed by atoms with van der Waals surface area (Å²) in [6.45, 7) is 9.30. The van der Waals surface area contributed by atoms with E-state index >= 15 is 0 Å². The molecule has 1 saturated carbocycles. The van der Waals surface area contributed by atoms with Gasteiger partial charge in [0, 0.05) is 51.9 Å². The minimum absolute atomic E-state index is 0. The van der Waals surface area contributed by atoms with Gasteiger partial charge in [0.1, 0.15) is 5.75 Å². The fourth-order valence-electron chi connectivity index (χ4n) is 3.00. The number of hydrogen-bond donors (Lipinski definition) is 2. The molecule has 0 amide bonds. The molecule has 1 aliphatic rings. The summed E-state index contributed by atoms with van der Waals surface area (Å²) in [5.74, 6) is 1.78. The Bertz CT molecular complexity index is 594. The lowest BCUT2D eigenvalue weighted by Gasteiger charge is -2.22. The summed E-state index contributed by atoms with van der Waals surface area (Å²) in [7, 11) is 3.57. The Morgan fingerprint density at radius 3 is 2.64 bits per heavy atom. The second-order valence-corrected chi connectivity index (χ2v) is 7.07. The summed E-state index contributed by atoms with van der Waals surface area (Å²) in [4.78, 5) is 6.84. The number of benzene rings is 1. The standard InChI is InChI=1S/C21H36N4O2.HI/c1-5-13-27-20-15-17(2)6-7-18(20)16-24-21(22-3)23-10-11-25(12-14-26-4)19-8-9-19;/h6-7,15,19H,5,8-14,16H2,1-4H3,(H2,22,23,24);1H. The number of guanidine groups is 1. The highest BCUT2D eigenvalue weighted by Crippen LogP contribution is 2.26. The minimum atomic E-state index is 0. The second kappa shape index (κ2) is 14.0. The summed E-state index contributed by atoms with van der Waals surface area (Å²) in [5, 5.41) is 6.82. The van der Waals surface area contributed by atoms with Crippen LogP contribution in [0.2, 0.25) is 0 Å². The first-order chi connectivity index (χ1) is 13.2. The molecular weight excluding hydrogens is 467 g/mol. The lowest BCUT2D eigenvalue weighted by Crippen LogP contribution is -2.42. The van der Waals surface area contributed by atoms with Gasteiger partial charge in [0.05, 0.1) is 13.2 Å². The number of aryl methyl sites for hydroxylation is 1. The van der Waals surface area contributed by atoms with Crippen molar-refractivity contribution in [3.63, 3.8) is 0 Å². The smallest absolute Gasteiger partial charge is 0.191 e. The highest BCUT2D eigenvalue weighted by atomic mass is 127. The molecule has 0 atom stereocenters. The zero-order valence-corrected chi connectivity index (χ0v) is 20.1. The number of aliphatic imine (C=N–C) groups is 1. The van der Waals surface area contributed by atoms with Crippen LogP contribution in [0, 0.1) is 6.92 Å². The number of methoxy groups -OCH3 is 1. The molecule has 0 bridgehead atoms. The number of hydrogen-bond acceptors (Lipinski definition) is 4. The van der Waals surface area contributed by atoms with Crippen LogP contribution in [-0.4, -0.2) is 63.9 Å². The van der Waals surface area contributed by atoms with Crippen LogP contribution in [0.15, 0.2) is 23.2 Å². The van der Waals surface area contributed by atoms with E-state index < -0.39 is 0 Å². The Kier molecular flexibility index (Phi) is 12.5. The molecule has 2 N–H and O–H groups in total. The van der Waals surface area contributed by atoms with Gasteiger partial charge >= 0.3 is 0 Å². The van der Waals surface area contributed by atoms with Gasteiger partial charge in [-0.25, -0.2) is 0 Å². The largest absolute Gasteiger partial charge is 0.493 e. The molecule has 0 radical (unpaired) electrons. The van der Waals surface area contributed by atoms with Crippen LogP contribution in [0.5, 0.6) is 5.75 Å². The zero-order chi connectivity index (χ0) is 19.5. The predicted molar refractivity (Wildman–Crippen MR) is 127 cm³/mol. The first-order valence-electron chi connectivity index (χ1n) is 10.1. The molecule has 0 saturated heterocycles. The van der Waals surface area contributed by atoms with Gasteiger partial charge in [0.25, 0.3) is 0 Å². The lowest BCUT2D eigenvalue weighted by molar-refractivity contribution is 0.144. The van der Waals surface area contributed by atoms with Gasteiger partial charge in [0.15, 0.2) is 5.96 Å². The van der Waals surface area contributed by atoms with Crippen LogP contribution in [0.3, 0.4) is 0 Å². The van der Waals surface area contributed by atoms with E-state index in [9.17, 15) is 0 Å². The first-order valence-corrected chi connectivity index (χ1v) is 10.1. The van der Waals surface area contributed by atoms with Gasteiger partial charge in [-0.2, -0.15) is 0 Å². The average Bonchev–Trinajstić information content (AvgIpc) is 3.51. The number of nitrogens with zero attached hydrogens (tertiary/aromatic N) is 2. The Balaban J connectivity index is 0.00000392. The van der Waals surface area contributed by atoms with Crippen molar-refractivity contribution in [1.82, 2.24) is 15.5 Å². The Morgan fingerprint density at radius 2 is 2.00 bits per heavy atom. The third-order valence-corrected chi connectivity index (χ3v) is 4.69. The summed E-state index contributed by atoms with van der Waals surface area (Å²) in [6.07, 6.45) is 3.62. The SMILES string of the molecule is CCCOc1cc(C)ccc1CNC(=NC)NCCN(CCOC)C1CC1.I. The molecule has 1 aliphatic carbocycles. The summed E-state index contributed by atoms with van der Waals surface area (Å²) >= 11 is 0. The minimum Gasteiger partial charge on any atom is -0.493 e. The van der Waals surface area contributed by atoms with E-state index in [2.05, 4.69) is 52.6 Å². The molecule has 0 spiro atoms. The van der Waals surface area contributed by atoms with Crippen molar-refractivity contribution in [1.29, 1.82) is 0 Å². The van der Waals surface area contributed by atoms with Crippen molar-refractivity contribution < 1.29 is 9.47 Å². The molecule has 6 nitrogen and oxygen atoms in total. The highest BCUT2D eigenvalue weighted by molar-refractivity contribution is 14.0. The van der Waals surface area contributed by atoms with Gasteiger partial charge in [-0.05, 0) is 37.8 Å². The first kappa shape index (κ1) is 25.0. The summed E-state index contributed by atoms with van der Waals surface area (Å²) in [6, 6.07) is 7.09. The van der Waals surface area contributed by atoms with Crippen molar-refractivity contribution in [2.75, 3.05) is 47.0 Å². The van der Waals surface area contributed by atoms with E-state index in [0.29, 0.717) is 6.54 Å². The topological polar surface area (TPSA) is 58.1 Å². The van der Waals surface area contributed by atoms with Gasteiger partial charge < -0.3 is 20.1 Å². The van der Waals surface area contributed by atoms with Crippen molar-refractivity contribution in [3.8, 4) is 5.75 Å². The molecule has 0 heterocycles. The Morgan fingerprint density at radius 1 is 1.21 bits per heavy atom. The third kappa shape index (κ3) is 8.96. The highest BCUT2D eigenvalue weighted by Gasteiger charge is 2.28. The Labute approximate surface area is 187 Å². The van der Waals surface area contributed by atoms with Gasteiger partial charge in [0.2, 0.25) is 0 Å². The van der Waals surface area contributed by atoms with E-state index in [4.69, 9.17) is 9.47 Å². The van der Waals surface area contributed by atoms with Gasteiger partial charge in [-0.15, -0.1) is 24.0 Å². The summed E-state index contributed by atoms with van der Waals surface area (Å²) in [5.41, 5.74) is 2.36. The van der Waals surface area contributed by atoms with Crippen LogP contribution in [0.1, 0.15) is 37.3 Å². The molecule has 1 fully saturated rings. The van der Waals surface area contributed by atoms with E-state index in [1.807, 2.05) is 7.05 Å². The number of halogens is 1. The number of ether oxygens (including phenoxy) is 2. The summed E-state index contributed by atoms with van der Waals surface area (Å²) < 4.78 is 11.1. The van der Waals surface area contributed by atoms with Crippen LogP contribution in [-0.2, 0) is 11.3 Å². The molecule has 2 rings (SSSR count). The van der Waals surface area contributed by atoms with Crippen molar-refractivity contribution in [3.05, 3.63) is 29.3 Å². The molecule has 28 heavy (non-hydrogen) atoms. The van der Waals surface area contributed by atoms with E-state index in [-0.39, 0.29) is 24.0 Å². The van der Waals surface area contributed by atoms with Crippen LogP contribution >= 0.6 is 24.0 Å². The molecular formula is C21H37IN4O2. The fraction of sp³-hybridized carbons (Fsp3) is 0.667. The van der Waals surface area contributed by atoms with Gasteiger partial charge in [-0.1, -0.05) is 19.1 Å². The van der Waals surface area contributed by atoms with Crippen LogP contribution < -0.4 is 15.4 Å². The van der Waals surface area contributed by atoms with Crippen molar-refractivity contribution in [2.24, 2.45) is 4.99 Å².